The van der Waals surface area contributed by atoms with Crippen LogP contribution in [0.3, 0.4) is 0 Å². The molecule has 0 spiro atoms. The zero-order chi connectivity index (χ0) is 14.7. The fourth-order valence-electron chi connectivity index (χ4n) is 2.78. The molecular weight excluding hydrogens is 286 g/mol. The van der Waals surface area contributed by atoms with Crippen LogP contribution < -0.4 is 5.73 Å². The summed E-state index contributed by atoms with van der Waals surface area (Å²) in [5.41, 5.74) is 6.27. The summed E-state index contributed by atoms with van der Waals surface area (Å²) in [5.74, 6) is 0.885. The highest BCUT2D eigenvalue weighted by Gasteiger charge is 2.28. The van der Waals surface area contributed by atoms with E-state index in [1.165, 1.54) is 12.8 Å². The van der Waals surface area contributed by atoms with Gasteiger partial charge in [-0.15, -0.1) is 5.10 Å². The smallest absolute Gasteiger partial charge is 0.210 e. The first-order valence-electron chi connectivity index (χ1n) is 7.53. The van der Waals surface area contributed by atoms with E-state index in [1.807, 2.05) is 16.8 Å². The molecule has 2 aromatic rings. The Balaban J connectivity index is 1.81. The molecule has 2 heterocycles. The van der Waals surface area contributed by atoms with Gasteiger partial charge >= 0.3 is 0 Å². The molecular formula is C14H21N5OS. The van der Waals surface area contributed by atoms with E-state index in [-0.39, 0.29) is 11.3 Å². The van der Waals surface area contributed by atoms with Crippen LogP contribution in [0.1, 0.15) is 56.1 Å². The Morgan fingerprint density at radius 3 is 2.95 bits per heavy atom. The Hall–Kier alpha value is -1.34. The number of tetrazole rings is 1. The van der Waals surface area contributed by atoms with Crippen LogP contribution in [-0.4, -0.2) is 26.2 Å². The van der Waals surface area contributed by atoms with E-state index in [2.05, 4.69) is 22.4 Å². The minimum absolute atomic E-state index is 0.00915. The van der Waals surface area contributed by atoms with Crippen molar-refractivity contribution in [2.75, 3.05) is 0 Å². The normalized spacial score (nSPS) is 19.0. The molecule has 0 aromatic carbocycles. The average molecular weight is 307 g/mol. The molecule has 3 rings (SSSR count). The highest BCUT2D eigenvalue weighted by Crippen LogP contribution is 2.39. The predicted molar refractivity (Wildman–Crippen MR) is 80.9 cm³/mol. The van der Waals surface area contributed by atoms with Crippen molar-refractivity contribution in [2.24, 2.45) is 5.73 Å². The first-order chi connectivity index (χ1) is 10.3. The molecule has 2 unspecified atom stereocenters. The number of furan rings is 1. The molecule has 0 aliphatic heterocycles. The largest absolute Gasteiger partial charge is 0.468 e. The highest BCUT2D eigenvalue weighted by molar-refractivity contribution is 7.99. The van der Waals surface area contributed by atoms with E-state index in [9.17, 15) is 0 Å². The van der Waals surface area contributed by atoms with Crippen LogP contribution in [0.5, 0.6) is 0 Å². The summed E-state index contributed by atoms with van der Waals surface area (Å²) in [6, 6.07) is 4.30. The lowest BCUT2D eigenvalue weighted by molar-refractivity contribution is 0.420. The van der Waals surface area contributed by atoms with Crippen molar-refractivity contribution in [2.45, 2.75) is 61.5 Å². The van der Waals surface area contributed by atoms with Crippen LogP contribution in [0.25, 0.3) is 0 Å². The van der Waals surface area contributed by atoms with Gasteiger partial charge in [0.15, 0.2) is 0 Å². The van der Waals surface area contributed by atoms with Crippen molar-refractivity contribution in [1.82, 2.24) is 20.2 Å². The lowest BCUT2D eigenvalue weighted by Gasteiger charge is -2.20. The molecule has 2 aromatic heterocycles. The second-order valence-corrected chi connectivity index (χ2v) is 6.58. The Labute approximate surface area is 128 Å². The van der Waals surface area contributed by atoms with E-state index in [1.54, 1.807) is 18.0 Å². The maximum Gasteiger partial charge on any atom is 0.210 e. The van der Waals surface area contributed by atoms with Crippen molar-refractivity contribution in [3.05, 3.63) is 24.2 Å². The van der Waals surface area contributed by atoms with Gasteiger partial charge < -0.3 is 10.2 Å². The Morgan fingerprint density at radius 2 is 2.29 bits per heavy atom. The molecule has 1 fully saturated rings. The number of hydrogen-bond donors (Lipinski definition) is 1. The minimum Gasteiger partial charge on any atom is -0.468 e. The molecule has 0 radical (unpaired) electrons. The maximum absolute atomic E-state index is 6.27. The average Bonchev–Trinajstić information content (AvgIpc) is 3.24. The summed E-state index contributed by atoms with van der Waals surface area (Å²) in [6.45, 7) is 2.08. The van der Waals surface area contributed by atoms with Gasteiger partial charge in [0.25, 0.3) is 0 Å². The quantitative estimate of drug-likeness (QED) is 0.826. The Bertz CT molecular complexity index is 549. The molecule has 0 amide bonds. The van der Waals surface area contributed by atoms with Crippen molar-refractivity contribution >= 4 is 11.8 Å². The van der Waals surface area contributed by atoms with Crippen molar-refractivity contribution in [1.29, 1.82) is 0 Å². The van der Waals surface area contributed by atoms with Gasteiger partial charge in [-0.1, -0.05) is 31.5 Å². The molecule has 2 N–H and O–H groups in total. The van der Waals surface area contributed by atoms with E-state index >= 15 is 0 Å². The second kappa shape index (κ2) is 6.62. The van der Waals surface area contributed by atoms with Crippen LogP contribution in [0.4, 0.5) is 0 Å². The number of hydrogen-bond acceptors (Lipinski definition) is 6. The molecule has 1 aliphatic rings. The summed E-state index contributed by atoms with van der Waals surface area (Å²) in [6.07, 6.45) is 7.39. The number of aromatic nitrogens is 4. The summed E-state index contributed by atoms with van der Waals surface area (Å²) in [5, 5.41) is 13.1. The number of nitrogens with zero attached hydrogens (tertiary/aromatic N) is 4. The fourth-order valence-corrected chi connectivity index (χ4v) is 4.00. The van der Waals surface area contributed by atoms with Gasteiger partial charge in [0.2, 0.25) is 5.16 Å². The molecule has 1 aliphatic carbocycles. The van der Waals surface area contributed by atoms with E-state index in [0.717, 1.165) is 30.2 Å². The first-order valence-corrected chi connectivity index (χ1v) is 8.41. The summed E-state index contributed by atoms with van der Waals surface area (Å²) in [7, 11) is 0. The molecule has 1 saturated carbocycles. The third-order valence-electron chi connectivity index (χ3n) is 4.05. The van der Waals surface area contributed by atoms with Gasteiger partial charge in [0, 0.05) is 6.04 Å². The molecule has 7 heteroatoms. The summed E-state index contributed by atoms with van der Waals surface area (Å²) >= 11 is 1.61. The van der Waals surface area contributed by atoms with Gasteiger partial charge in [0.1, 0.15) is 5.76 Å². The van der Waals surface area contributed by atoms with Crippen molar-refractivity contribution in [3.8, 4) is 0 Å². The van der Waals surface area contributed by atoms with E-state index in [4.69, 9.17) is 10.2 Å². The summed E-state index contributed by atoms with van der Waals surface area (Å²) < 4.78 is 7.52. The molecule has 0 saturated heterocycles. The monoisotopic (exact) mass is 307 g/mol. The highest BCUT2D eigenvalue weighted by atomic mass is 32.2. The molecule has 2 atom stereocenters. The van der Waals surface area contributed by atoms with Gasteiger partial charge in [-0.2, -0.15) is 0 Å². The standard InChI is InChI=1S/C14H21N5OS/c1-2-11(15)13(12-8-5-9-20-12)21-14-16-17-18-19(14)10-6-3-4-7-10/h5,8-11,13H,2-4,6-7,15H2,1H3. The Morgan fingerprint density at radius 1 is 1.48 bits per heavy atom. The first kappa shape index (κ1) is 14.6. The maximum atomic E-state index is 6.27. The van der Waals surface area contributed by atoms with E-state index < -0.39 is 0 Å². The summed E-state index contributed by atoms with van der Waals surface area (Å²) in [4.78, 5) is 0. The lowest BCUT2D eigenvalue weighted by Crippen LogP contribution is -2.26. The molecule has 0 bridgehead atoms. The van der Waals surface area contributed by atoms with Crippen molar-refractivity contribution in [3.63, 3.8) is 0 Å². The van der Waals surface area contributed by atoms with Crippen LogP contribution >= 0.6 is 11.8 Å². The van der Waals surface area contributed by atoms with Gasteiger partial charge in [0.05, 0.1) is 17.6 Å². The predicted octanol–water partition coefficient (Wildman–Crippen LogP) is 2.95. The molecule has 6 nitrogen and oxygen atoms in total. The lowest BCUT2D eigenvalue weighted by atomic mass is 10.1. The van der Waals surface area contributed by atoms with Gasteiger partial charge in [-0.3, -0.25) is 0 Å². The topological polar surface area (TPSA) is 82.8 Å². The Kier molecular flexibility index (Phi) is 4.60. The van der Waals surface area contributed by atoms with Crippen LogP contribution in [-0.2, 0) is 0 Å². The number of thioether (sulfide) groups is 1. The fraction of sp³-hybridized carbons (Fsp3) is 0.643. The zero-order valence-corrected chi connectivity index (χ0v) is 13.0. The van der Waals surface area contributed by atoms with E-state index in [0.29, 0.717) is 6.04 Å². The molecule has 114 valence electrons. The van der Waals surface area contributed by atoms with Crippen LogP contribution in [0.2, 0.25) is 0 Å². The SMILES string of the molecule is CCC(N)C(Sc1nnnn1C1CCCC1)c1ccco1. The molecule has 21 heavy (non-hydrogen) atoms. The minimum atomic E-state index is 0.00915. The number of rotatable bonds is 6. The van der Waals surface area contributed by atoms with Crippen LogP contribution in [0, 0.1) is 0 Å². The zero-order valence-electron chi connectivity index (χ0n) is 12.2. The van der Waals surface area contributed by atoms with Gasteiger partial charge in [-0.25, -0.2) is 4.68 Å². The third-order valence-corrected chi connectivity index (χ3v) is 5.36. The number of nitrogens with two attached hydrogens (primary N) is 1. The van der Waals surface area contributed by atoms with Crippen molar-refractivity contribution < 1.29 is 4.42 Å². The second-order valence-electron chi connectivity index (χ2n) is 5.47. The van der Waals surface area contributed by atoms with Crippen LogP contribution in [0.15, 0.2) is 28.0 Å². The van der Waals surface area contributed by atoms with Gasteiger partial charge in [-0.05, 0) is 41.8 Å². The third kappa shape index (κ3) is 3.13.